The monoisotopic (exact) mass is 447 g/mol. The lowest BCUT2D eigenvalue weighted by atomic mass is 9.80. The first-order valence-corrected chi connectivity index (χ1v) is 10.8. The van der Waals surface area contributed by atoms with E-state index in [2.05, 4.69) is 5.32 Å². The van der Waals surface area contributed by atoms with Crippen LogP contribution in [0.1, 0.15) is 30.3 Å². The van der Waals surface area contributed by atoms with Crippen LogP contribution in [0.3, 0.4) is 0 Å². The number of nitrogens with zero attached hydrogens (tertiary/aromatic N) is 2. The number of ether oxygens (including phenoxy) is 1. The molecule has 32 heavy (non-hydrogen) atoms. The summed E-state index contributed by atoms with van der Waals surface area (Å²) in [7, 11) is 1.33. The van der Waals surface area contributed by atoms with Gasteiger partial charge < -0.3 is 10.1 Å². The summed E-state index contributed by atoms with van der Waals surface area (Å²) < 4.78 is 5.07. The van der Waals surface area contributed by atoms with Gasteiger partial charge in [0.1, 0.15) is 5.01 Å². The Hall–Kier alpha value is -3.78. The molecule has 2 heterocycles. The van der Waals surface area contributed by atoms with E-state index in [4.69, 9.17) is 9.72 Å². The van der Waals surface area contributed by atoms with Gasteiger partial charge in [0.2, 0.25) is 0 Å². The molecule has 4 rings (SSSR count). The van der Waals surface area contributed by atoms with Crippen molar-refractivity contribution in [2.75, 3.05) is 7.11 Å². The Morgan fingerprint density at radius 2 is 1.88 bits per heavy atom. The van der Waals surface area contributed by atoms with E-state index in [-0.39, 0.29) is 5.69 Å². The minimum Gasteiger partial charge on any atom is -0.466 e. The maximum absolute atomic E-state index is 12.8. The molecule has 8 heteroatoms. The number of esters is 1. The number of aromatic nitrogens is 1. The number of carbonyl (C=O) groups excluding carboxylic acids is 1. The van der Waals surface area contributed by atoms with Crippen molar-refractivity contribution in [3.05, 3.63) is 97.6 Å². The number of rotatable bonds is 5. The largest absolute Gasteiger partial charge is 0.466 e. The minimum absolute atomic E-state index is 0.0379. The van der Waals surface area contributed by atoms with Crippen LogP contribution >= 0.6 is 11.3 Å². The van der Waals surface area contributed by atoms with E-state index in [9.17, 15) is 14.9 Å². The van der Waals surface area contributed by atoms with Crippen LogP contribution in [0.5, 0.6) is 0 Å². The molecule has 7 nitrogen and oxygen atoms in total. The zero-order valence-corrected chi connectivity index (χ0v) is 18.6. The van der Waals surface area contributed by atoms with Gasteiger partial charge in [-0.15, -0.1) is 11.3 Å². The van der Waals surface area contributed by atoms with Crippen LogP contribution in [-0.4, -0.2) is 23.0 Å². The van der Waals surface area contributed by atoms with Crippen molar-refractivity contribution >= 4 is 28.6 Å². The van der Waals surface area contributed by atoms with Gasteiger partial charge in [-0.25, -0.2) is 9.78 Å². The van der Waals surface area contributed by atoms with Gasteiger partial charge in [0.15, 0.2) is 0 Å². The van der Waals surface area contributed by atoms with Crippen molar-refractivity contribution in [3.8, 4) is 11.3 Å². The SMILES string of the molecule is COC(=O)C1=C(C)NC(C)=C(c2nc(-c3ccccc3)cs2)C1c1cccc([N+](=O)[O-])c1. The van der Waals surface area contributed by atoms with Crippen molar-refractivity contribution in [2.45, 2.75) is 19.8 Å². The van der Waals surface area contributed by atoms with E-state index in [0.29, 0.717) is 16.8 Å². The Bertz CT molecular complexity index is 1260. The number of nitro groups is 1. The Labute approximate surface area is 189 Å². The highest BCUT2D eigenvalue weighted by molar-refractivity contribution is 7.11. The first-order valence-electron chi connectivity index (χ1n) is 9.93. The van der Waals surface area contributed by atoms with Crippen LogP contribution < -0.4 is 5.32 Å². The van der Waals surface area contributed by atoms with Crippen molar-refractivity contribution < 1.29 is 14.5 Å². The molecule has 1 unspecified atom stereocenters. The first kappa shape index (κ1) is 21.5. The topological polar surface area (TPSA) is 94.4 Å². The fraction of sp³-hybridized carbons (Fsp3) is 0.167. The molecule has 1 aliphatic heterocycles. The molecule has 1 aromatic heterocycles. The second kappa shape index (κ2) is 8.76. The summed E-state index contributed by atoms with van der Waals surface area (Å²) in [6.45, 7) is 3.72. The number of hydrogen-bond acceptors (Lipinski definition) is 7. The second-order valence-electron chi connectivity index (χ2n) is 7.38. The zero-order valence-electron chi connectivity index (χ0n) is 17.8. The molecule has 0 radical (unpaired) electrons. The number of non-ortho nitro benzene ring substituents is 1. The van der Waals surface area contributed by atoms with Gasteiger partial charge >= 0.3 is 5.97 Å². The smallest absolute Gasteiger partial charge is 0.336 e. The molecule has 162 valence electrons. The summed E-state index contributed by atoms with van der Waals surface area (Å²) in [4.78, 5) is 28.6. The molecule has 1 N–H and O–H groups in total. The van der Waals surface area contributed by atoms with Crippen molar-refractivity contribution in [1.82, 2.24) is 10.3 Å². The molecule has 0 amide bonds. The minimum atomic E-state index is -0.557. The number of allylic oxidation sites excluding steroid dienone is 3. The van der Waals surface area contributed by atoms with Crippen LogP contribution in [0.2, 0.25) is 0 Å². The Morgan fingerprint density at radius 3 is 2.56 bits per heavy atom. The van der Waals surface area contributed by atoms with Gasteiger partial charge in [0.25, 0.3) is 5.69 Å². The Morgan fingerprint density at radius 1 is 1.12 bits per heavy atom. The zero-order chi connectivity index (χ0) is 22.8. The number of benzene rings is 2. The summed E-state index contributed by atoms with van der Waals surface area (Å²) in [5.41, 5.74) is 5.09. The maximum Gasteiger partial charge on any atom is 0.336 e. The number of carbonyl (C=O) groups is 1. The summed E-state index contributed by atoms with van der Waals surface area (Å²) in [5, 5.41) is 17.4. The van der Waals surface area contributed by atoms with E-state index in [1.165, 1.54) is 30.6 Å². The van der Waals surface area contributed by atoms with E-state index in [1.807, 2.05) is 42.6 Å². The van der Waals surface area contributed by atoms with Crippen LogP contribution in [0.15, 0.2) is 76.9 Å². The number of nitro benzene ring substituents is 1. The average molecular weight is 448 g/mol. The summed E-state index contributed by atoms with van der Waals surface area (Å²) >= 11 is 1.47. The van der Waals surface area contributed by atoms with Crippen LogP contribution in [-0.2, 0) is 9.53 Å². The predicted molar refractivity (Wildman–Crippen MR) is 124 cm³/mol. The molecule has 0 saturated heterocycles. The number of methoxy groups -OCH3 is 1. The highest BCUT2D eigenvalue weighted by Gasteiger charge is 2.36. The van der Waals surface area contributed by atoms with E-state index < -0.39 is 16.8 Å². The van der Waals surface area contributed by atoms with E-state index in [1.54, 1.807) is 19.1 Å². The lowest BCUT2D eigenvalue weighted by Gasteiger charge is -2.30. The predicted octanol–water partition coefficient (Wildman–Crippen LogP) is 5.28. The quantitative estimate of drug-likeness (QED) is 0.325. The van der Waals surface area contributed by atoms with Crippen molar-refractivity contribution in [2.24, 2.45) is 0 Å². The molecule has 3 aromatic rings. The van der Waals surface area contributed by atoms with E-state index in [0.717, 1.165) is 27.5 Å². The average Bonchev–Trinajstić information content (AvgIpc) is 3.28. The lowest BCUT2D eigenvalue weighted by Crippen LogP contribution is -2.28. The fourth-order valence-corrected chi connectivity index (χ4v) is 4.91. The molecule has 0 saturated carbocycles. The van der Waals surface area contributed by atoms with Crippen LogP contribution in [0.4, 0.5) is 5.69 Å². The number of thiazole rings is 1. The van der Waals surface area contributed by atoms with Crippen LogP contribution in [0.25, 0.3) is 16.8 Å². The highest BCUT2D eigenvalue weighted by Crippen LogP contribution is 2.45. The summed E-state index contributed by atoms with van der Waals surface area (Å²) in [5.74, 6) is -1.05. The van der Waals surface area contributed by atoms with E-state index >= 15 is 0 Å². The van der Waals surface area contributed by atoms with Crippen LogP contribution in [0, 0.1) is 10.1 Å². The molecular weight excluding hydrogens is 426 g/mol. The van der Waals surface area contributed by atoms with Gasteiger partial charge in [-0.05, 0) is 19.4 Å². The molecule has 1 atom stereocenters. The first-order chi connectivity index (χ1) is 15.4. The van der Waals surface area contributed by atoms with Crippen molar-refractivity contribution in [3.63, 3.8) is 0 Å². The van der Waals surface area contributed by atoms with Gasteiger partial charge in [-0.2, -0.15) is 0 Å². The lowest BCUT2D eigenvalue weighted by molar-refractivity contribution is -0.384. The Kier molecular flexibility index (Phi) is 5.87. The third-order valence-corrected chi connectivity index (χ3v) is 6.26. The van der Waals surface area contributed by atoms with Gasteiger partial charge in [-0.3, -0.25) is 10.1 Å². The summed E-state index contributed by atoms with van der Waals surface area (Å²) in [6, 6.07) is 16.2. The van der Waals surface area contributed by atoms with Gasteiger partial charge in [0, 0.05) is 46.0 Å². The molecule has 2 aromatic carbocycles. The third kappa shape index (κ3) is 3.92. The molecule has 0 spiro atoms. The third-order valence-electron chi connectivity index (χ3n) is 5.38. The molecule has 0 aliphatic carbocycles. The standard InChI is InChI=1S/C24H21N3O4S/c1-14-20(23-26-19(13-32-23)16-8-5-4-6-9-16)22(21(15(2)25-14)24(28)31-3)17-10-7-11-18(12-17)27(29)30/h4-13,22,25H,1-3H3. The number of nitrogens with one attached hydrogen (secondary N) is 1. The fourth-order valence-electron chi connectivity index (χ4n) is 3.95. The summed E-state index contributed by atoms with van der Waals surface area (Å²) in [6.07, 6.45) is 0. The molecule has 1 aliphatic rings. The number of dihydropyridines is 1. The normalized spacial score (nSPS) is 16.0. The molecule has 0 fully saturated rings. The Balaban J connectivity index is 1.89. The molecule has 0 bridgehead atoms. The maximum atomic E-state index is 12.8. The highest BCUT2D eigenvalue weighted by atomic mass is 32.1. The number of hydrogen-bond donors (Lipinski definition) is 1. The van der Waals surface area contributed by atoms with Crippen molar-refractivity contribution in [1.29, 1.82) is 0 Å². The second-order valence-corrected chi connectivity index (χ2v) is 8.24. The molecular formula is C24H21N3O4S. The van der Waals surface area contributed by atoms with Gasteiger partial charge in [0.05, 0.1) is 23.3 Å². The van der Waals surface area contributed by atoms with Gasteiger partial charge in [-0.1, -0.05) is 42.5 Å².